The Morgan fingerprint density at radius 1 is 1.15 bits per heavy atom. The second-order valence-corrected chi connectivity index (χ2v) is 7.44. The molecule has 3 heterocycles. The number of anilines is 2. The number of aromatic nitrogens is 2. The Labute approximate surface area is 156 Å². The third kappa shape index (κ3) is 3.60. The van der Waals surface area contributed by atoms with Gasteiger partial charge in [-0.05, 0) is 44.0 Å². The van der Waals surface area contributed by atoms with E-state index in [1.807, 2.05) is 48.7 Å². The number of benzene rings is 1. The van der Waals surface area contributed by atoms with Crippen molar-refractivity contribution in [2.75, 3.05) is 23.3 Å². The lowest BCUT2D eigenvalue weighted by atomic mass is 10.1. The third-order valence-corrected chi connectivity index (χ3v) is 5.28. The van der Waals surface area contributed by atoms with Crippen LogP contribution in [0.4, 0.5) is 11.4 Å². The molecular weight excluding hydrogens is 344 g/mol. The number of thiazole rings is 1. The zero-order valence-electron chi connectivity index (χ0n) is 14.6. The Kier molecular flexibility index (Phi) is 4.67. The molecule has 2 aromatic heterocycles. The van der Waals surface area contributed by atoms with Crippen molar-refractivity contribution in [3.05, 3.63) is 58.7 Å². The summed E-state index contributed by atoms with van der Waals surface area (Å²) in [5.41, 5.74) is 4.26. The maximum Gasteiger partial charge on any atom is 0.274 e. The van der Waals surface area contributed by atoms with Gasteiger partial charge in [-0.1, -0.05) is 12.1 Å². The van der Waals surface area contributed by atoms with Crippen molar-refractivity contribution in [3.63, 3.8) is 0 Å². The lowest BCUT2D eigenvalue weighted by Gasteiger charge is -2.17. The van der Waals surface area contributed by atoms with E-state index in [9.17, 15) is 4.79 Å². The zero-order valence-corrected chi connectivity index (χ0v) is 15.4. The average Bonchev–Trinajstić information content (AvgIpc) is 3.34. The molecule has 1 aliphatic heterocycles. The van der Waals surface area contributed by atoms with Crippen molar-refractivity contribution in [3.8, 4) is 11.3 Å². The molecule has 0 unspecified atom stereocenters. The van der Waals surface area contributed by atoms with Gasteiger partial charge in [0.05, 0.1) is 10.7 Å². The van der Waals surface area contributed by atoms with Crippen LogP contribution in [0.5, 0.6) is 0 Å². The SMILES string of the molecule is Cc1nc(-c2ccc(NC(=O)c3cc(N4CCCC4)ccn3)cc2)cs1. The standard InChI is InChI=1S/C20H20N4OS/c1-14-22-19(13-26-14)15-4-6-16(7-5-15)23-20(25)18-12-17(8-9-21-18)24-10-2-3-11-24/h4-9,12-13H,2-3,10-11H2,1H3,(H,23,25). The molecule has 4 rings (SSSR count). The van der Waals surface area contributed by atoms with Crippen molar-refractivity contribution in [2.24, 2.45) is 0 Å². The summed E-state index contributed by atoms with van der Waals surface area (Å²) in [6.45, 7) is 4.08. The van der Waals surface area contributed by atoms with Crippen molar-refractivity contribution in [1.82, 2.24) is 9.97 Å². The monoisotopic (exact) mass is 364 g/mol. The largest absolute Gasteiger partial charge is 0.371 e. The summed E-state index contributed by atoms with van der Waals surface area (Å²) in [5, 5.41) is 6.00. The number of nitrogens with one attached hydrogen (secondary N) is 1. The molecule has 1 N–H and O–H groups in total. The minimum absolute atomic E-state index is 0.191. The molecule has 3 aromatic rings. The first-order valence-corrected chi connectivity index (χ1v) is 9.62. The van der Waals surface area contributed by atoms with E-state index < -0.39 is 0 Å². The van der Waals surface area contributed by atoms with Crippen LogP contribution in [0.15, 0.2) is 48.0 Å². The van der Waals surface area contributed by atoms with Crippen molar-refractivity contribution in [2.45, 2.75) is 19.8 Å². The predicted octanol–water partition coefficient (Wildman–Crippen LogP) is 4.37. The van der Waals surface area contributed by atoms with Gasteiger partial charge in [-0.15, -0.1) is 11.3 Å². The van der Waals surface area contributed by atoms with Gasteiger partial charge in [0.15, 0.2) is 0 Å². The molecule has 0 radical (unpaired) electrons. The molecule has 132 valence electrons. The topological polar surface area (TPSA) is 58.1 Å². The molecule has 1 amide bonds. The van der Waals surface area contributed by atoms with E-state index >= 15 is 0 Å². The van der Waals surface area contributed by atoms with E-state index in [0.717, 1.165) is 40.7 Å². The number of carbonyl (C=O) groups excluding carboxylic acids is 1. The summed E-state index contributed by atoms with van der Waals surface area (Å²) < 4.78 is 0. The van der Waals surface area contributed by atoms with Crippen LogP contribution in [-0.2, 0) is 0 Å². The lowest BCUT2D eigenvalue weighted by Crippen LogP contribution is -2.19. The smallest absolute Gasteiger partial charge is 0.274 e. The van der Waals surface area contributed by atoms with E-state index in [-0.39, 0.29) is 5.91 Å². The molecule has 1 fully saturated rings. The molecule has 1 aromatic carbocycles. The van der Waals surface area contributed by atoms with Crippen LogP contribution in [0.25, 0.3) is 11.3 Å². The minimum atomic E-state index is -0.191. The molecule has 0 saturated carbocycles. The number of pyridine rings is 1. The van der Waals surface area contributed by atoms with Crippen LogP contribution < -0.4 is 10.2 Å². The third-order valence-electron chi connectivity index (χ3n) is 4.50. The molecule has 0 bridgehead atoms. The van der Waals surface area contributed by atoms with Crippen LogP contribution in [0.2, 0.25) is 0 Å². The first kappa shape index (κ1) is 16.7. The molecule has 0 spiro atoms. The summed E-state index contributed by atoms with van der Waals surface area (Å²) in [5.74, 6) is -0.191. The van der Waals surface area contributed by atoms with Gasteiger partial charge in [-0.2, -0.15) is 0 Å². The van der Waals surface area contributed by atoms with Crippen molar-refractivity contribution < 1.29 is 4.79 Å². The Balaban J connectivity index is 1.47. The molecule has 6 heteroatoms. The summed E-state index contributed by atoms with van der Waals surface area (Å²) in [4.78, 5) is 23.5. The number of hydrogen-bond acceptors (Lipinski definition) is 5. The maximum absolute atomic E-state index is 12.5. The Morgan fingerprint density at radius 3 is 2.62 bits per heavy atom. The normalized spacial score (nSPS) is 13.8. The minimum Gasteiger partial charge on any atom is -0.371 e. The number of carbonyl (C=O) groups is 1. The highest BCUT2D eigenvalue weighted by atomic mass is 32.1. The van der Waals surface area contributed by atoms with Gasteiger partial charge in [-0.25, -0.2) is 4.98 Å². The molecule has 5 nitrogen and oxygen atoms in total. The quantitative estimate of drug-likeness (QED) is 0.747. The first-order valence-electron chi connectivity index (χ1n) is 8.74. The first-order chi connectivity index (χ1) is 12.7. The van der Waals surface area contributed by atoms with Gasteiger partial charge in [0.25, 0.3) is 5.91 Å². The second kappa shape index (κ2) is 7.25. The van der Waals surface area contributed by atoms with Crippen LogP contribution in [0.3, 0.4) is 0 Å². The fraction of sp³-hybridized carbons (Fsp3) is 0.250. The molecule has 0 aliphatic carbocycles. The molecule has 0 atom stereocenters. The number of amides is 1. The maximum atomic E-state index is 12.5. The highest BCUT2D eigenvalue weighted by Crippen LogP contribution is 2.24. The molecular formula is C20H20N4OS. The average molecular weight is 364 g/mol. The van der Waals surface area contributed by atoms with Crippen LogP contribution in [-0.4, -0.2) is 29.0 Å². The second-order valence-electron chi connectivity index (χ2n) is 6.38. The molecule has 1 saturated heterocycles. The number of rotatable bonds is 4. The summed E-state index contributed by atoms with van der Waals surface area (Å²) in [6, 6.07) is 11.6. The Hall–Kier alpha value is -2.73. The van der Waals surface area contributed by atoms with Gasteiger partial charge in [0, 0.05) is 41.6 Å². The summed E-state index contributed by atoms with van der Waals surface area (Å²) >= 11 is 1.63. The number of aryl methyl sites for hydroxylation is 1. The fourth-order valence-electron chi connectivity index (χ4n) is 3.13. The van der Waals surface area contributed by atoms with E-state index in [1.165, 1.54) is 12.8 Å². The Bertz CT molecular complexity index is 914. The molecule has 26 heavy (non-hydrogen) atoms. The Morgan fingerprint density at radius 2 is 1.92 bits per heavy atom. The van der Waals surface area contributed by atoms with Gasteiger partial charge in [0.1, 0.15) is 5.69 Å². The van der Waals surface area contributed by atoms with E-state index in [0.29, 0.717) is 5.69 Å². The highest BCUT2D eigenvalue weighted by Gasteiger charge is 2.15. The summed E-state index contributed by atoms with van der Waals surface area (Å²) in [7, 11) is 0. The van der Waals surface area contributed by atoms with Crippen LogP contribution in [0.1, 0.15) is 28.3 Å². The fourth-order valence-corrected chi connectivity index (χ4v) is 3.75. The van der Waals surface area contributed by atoms with E-state index in [2.05, 4.69) is 20.2 Å². The molecule has 1 aliphatic rings. The number of hydrogen-bond donors (Lipinski definition) is 1. The van der Waals surface area contributed by atoms with Crippen molar-refractivity contribution in [1.29, 1.82) is 0 Å². The van der Waals surface area contributed by atoms with Crippen LogP contribution >= 0.6 is 11.3 Å². The van der Waals surface area contributed by atoms with Crippen molar-refractivity contribution >= 4 is 28.6 Å². The van der Waals surface area contributed by atoms with Crippen LogP contribution in [0, 0.1) is 6.92 Å². The zero-order chi connectivity index (χ0) is 17.9. The lowest BCUT2D eigenvalue weighted by molar-refractivity contribution is 0.102. The van der Waals surface area contributed by atoms with Gasteiger partial charge in [-0.3, -0.25) is 9.78 Å². The highest BCUT2D eigenvalue weighted by molar-refractivity contribution is 7.09. The van der Waals surface area contributed by atoms with Gasteiger partial charge >= 0.3 is 0 Å². The number of nitrogens with zero attached hydrogens (tertiary/aromatic N) is 3. The summed E-state index contributed by atoms with van der Waals surface area (Å²) in [6.07, 6.45) is 4.11. The van der Waals surface area contributed by atoms with Gasteiger partial charge < -0.3 is 10.2 Å². The predicted molar refractivity (Wildman–Crippen MR) is 106 cm³/mol. The van der Waals surface area contributed by atoms with Gasteiger partial charge in [0.2, 0.25) is 0 Å². The van der Waals surface area contributed by atoms with E-state index in [1.54, 1.807) is 17.5 Å². The van der Waals surface area contributed by atoms with E-state index in [4.69, 9.17) is 0 Å².